The van der Waals surface area contributed by atoms with Gasteiger partial charge in [-0.2, -0.15) is 8.78 Å². The molecule has 4 nitrogen and oxygen atoms in total. The Morgan fingerprint density at radius 1 is 1.21 bits per heavy atom. The van der Waals surface area contributed by atoms with Crippen LogP contribution >= 0.6 is 0 Å². The first-order valence-corrected chi connectivity index (χ1v) is 3.77. The lowest BCUT2D eigenvalue weighted by Crippen LogP contribution is -2.27. The molecule has 0 aliphatic heterocycles. The molecule has 0 atom stereocenters. The van der Waals surface area contributed by atoms with E-state index in [1.54, 1.807) is 0 Å². The highest BCUT2D eigenvalue weighted by molar-refractivity contribution is 6.07. The first-order valence-electron chi connectivity index (χ1n) is 3.77. The number of ether oxygens (including phenoxy) is 1. The van der Waals surface area contributed by atoms with E-state index in [0.29, 0.717) is 6.92 Å². The minimum absolute atomic E-state index is 0.404. The molecule has 0 aromatic rings. The average Bonchev–Trinajstić information content (AvgIpc) is 2.02. The fraction of sp³-hybridized carbons (Fsp3) is 0.625. The summed E-state index contributed by atoms with van der Waals surface area (Å²) < 4.78 is 28.7. The van der Waals surface area contributed by atoms with E-state index in [4.69, 9.17) is 0 Å². The SMILES string of the molecule is COC(=O)CC(=O)CC(=O)C(C)(F)F. The van der Waals surface area contributed by atoms with Gasteiger partial charge in [0.1, 0.15) is 6.42 Å². The third-order valence-corrected chi connectivity index (χ3v) is 1.42. The zero-order chi connectivity index (χ0) is 11.4. The zero-order valence-electron chi connectivity index (χ0n) is 7.80. The van der Waals surface area contributed by atoms with Gasteiger partial charge in [-0.05, 0) is 0 Å². The van der Waals surface area contributed by atoms with E-state index in [-0.39, 0.29) is 0 Å². The normalized spacial score (nSPS) is 10.9. The molecular weight excluding hydrogens is 198 g/mol. The average molecular weight is 208 g/mol. The molecule has 0 aromatic heterocycles. The van der Waals surface area contributed by atoms with Gasteiger partial charge in [0.25, 0.3) is 0 Å². The van der Waals surface area contributed by atoms with Crippen molar-refractivity contribution in [2.75, 3.05) is 7.11 Å². The van der Waals surface area contributed by atoms with Gasteiger partial charge < -0.3 is 4.74 Å². The molecule has 0 aliphatic rings. The maximum absolute atomic E-state index is 12.3. The second kappa shape index (κ2) is 4.78. The quantitative estimate of drug-likeness (QED) is 0.493. The lowest BCUT2D eigenvalue weighted by Gasteiger charge is -2.07. The summed E-state index contributed by atoms with van der Waals surface area (Å²) in [7, 11) is 1.06. The second-order valence-corrected chi connectivity index (χ2v) is 2.78. The van der Waals surface area contributed by atoms with E-state index in [0.717, 1.165) is 7.11 Å². The Kier molecular flexibility index (Phi) is 4.33. The lowest BCUT2D eigenvalue weighted by atomic mass is 10.1. The first-order chi connectivity index (χ1) is 6.27. The number of carbonyl (C=O) groups is 3. The van der Waals surface area contributed by atoms with E-state index < -0.39 is 36.3 Å². The zero-order valence-corrected chi connectivity index (χ0v) is 7.80. The van der Waals surface area contributed by atoms with Gasteiger partial charge >= 0.3 is 11.9 Å². The number of hydrogen-bond acceptors (Lipinski definition) is 4. The summed E-state index contributed by atoms with van der Waals surface area (Å²) in [5.41, 5.74) is 0. The molecule has 0 fully saturated rings. The number of rotatable bonds is 5. The lowest BCUT2D eigenvalue weighted by molar-refractivity contribution is -0.146. The summed E-state index contributed by atoms with van der Waals surface area (Å²) in [6.07, 6.45) is -1.60. The van der Waals surface area contributed by atoms with E-state index >= 15 is 0 Å². The molecule has 14 heavy (non-hydrogen) atoms. The van der Waals surface area contributed by atoms with Crippen molar-refractivity contribution in [1.29, 1.82) is 0 Å². The van der Waals surface area contributed by atoms with Crippen LogP contribution in [-0.2, 0) is 19.1 Å². The van der Waals surface area contributed by atoms with Gasteiger partial charge in [-0.3, -0.25) is 14.4 Å². The third-order valence-electron chi connectivity index (χ3n) is 1.42. The molecule has 0 heterocycles. The van der Waals surface area contributed by atoms with E-state index in [1.807, 2.05) is 0 Å². The van der Waals surface area contributed by atoms with Crippen molar-refractivity contribution in [1.82, 2.24) is 0 Å². The van der Waals surface area contributed by atoms with Crippen LogP contribution in [0.5, 0.6) is 0 Å². The number of esters is 1. The van der Waals surface area contributed by atoms with Crippen LogP contribution in [0.2, 0.25) is 0 Å². The summed E-state index contributed by atoms with van der Waals surface area (Å²) in [6, 6.07) is 0. The number of alkyl halides is 2. The molecule has 0 aliphatic carbocycles. The van der Waals surface area contributed by atoms with Crippen LogP contribution in [0.4, 0.5) is 8.78 Å². The first kappa shape index (κ1) is 12.7. The number of carbonyl (C=O) groups excluding carboxylic acids is 3. The largest absolute Gasteiger partial charge is 0.469 e. The summed E-state index contributed by atoms with van der Waals surface area (Å²) in [5.74, 6) is -6.75. The summed E-state index contributed by atoms with van der Waals surface area (Å²) >= 11 is 0. The minimum Gasteiger partial charge on any atom is -0.469 e. The van der Waals surface area contributed by atoms with E-state index in [9.17, 15) is 23.2 Å². The standard InChI is InChI=1S/C8H10F2O4/c1-8(9,10)6(12)3-5(11)4-7(13)14-2/h3-4H2,1-2H3. The van der Waals surface area contributed by atoms with Gasteiger partial charge in [0, 0.05) is 6.92 Å². The van der Waals surface area contributed by atoms with Crippen molar-refractivity contribution in [2.45, 2.75) is 25.7 Å². The van der Waals surface area contributed by atoms with Gasteiger partial charge in [0.15, 0.2) is 5.78 Å². The monoisotopic (exact) mass is 208 g/mol. The predicted octanol–water partition coefficient (Wildman–Crippen LogP) is 0.733. The molecule has 0 amide bonds. The number of Topliss-reactive ketones (excluding diaryl/α,β-unsaturated/α-hetero) is 2. The summed E-state index contributed by atoms with van der Waals surface area (Å²) in [5, 5.41) is 0. The third kappa shape index (κ3) is 4.64. The van der Waals surface area contributed by atoms with Gasteiger partial charge in [-0.1, -0.05) is 0 Å². The number of hydrogen-bond donors (Lipinski definition) is 0. The van der Waals surface area contributed by atoms with Crippen molar-refractivity contribution < 1.29 is 27.9 Å². The van der Waals surface area contributed by atoms with Gasteiger partial charge in [0.05, 0.1) is 13.5 Å². The van der Waals surface area contributed by atoms with Crippen LogP contribution in [0, 0.1) is 0 Å². The molecule has 0 rings (SSSR count). The highest BCUT2D eigenvalue weighted by Gasteiger charge is 2.33. The molecule has 0 saturated carbocycles. The predicted molar refractivity (Wildman–Crippen MR) is 41.9 cm³/mol. The molecular formula is C8H10F2O4. The molecule has 0 radical (unpaired) electrons. The van der Waals surface area contributed by atoms with Crippen molar-refractivity contribution in [3.8, 4) is 0 Å². The number of methoxy groups -OCH3 is 1. The molecule has 80 valence electrons. The molecule has 0 unspecified atom stereocenters. The molecule has 0 aromatic carbocycles. The molecule has 0 saturated heterocycles. The fourth-order valence-corrected chi connectivity index (χ4v) is 0.630. The van der Waals surface area contributed by atoms with Crippen LogP contribution in [0.3, 0.4) is 0 Å². The maximum atomic E-state index is 12.3. The summed E-state index contributed by atoms with van der Waals surface area (Å²) in [4.78, 5) is 31.9. The van der Waals surface area contributed by atoms with E-state index in [1.165, 1.54) is 0 Å². The van der Waals surface area contributed by atoms with Crippen molar-refractivity contribution in [2.24, 2.45) is 0 Å². The topological polar surface area (TPSA) is 60.4 Å². The van der Waals surface area contributed by atoms with Gasteiger partial charge in [-0.15, -0.1) is 0 Å². The van der Waals surface area contributed by atoms with Crippen LogP contribution in [-0.4, -0.2) is 30.6 Å². The number of halogens is 2. The Labute approximate surface area is 79.2 Å². The highest BCUT2D eigenvalue weighted by Crippen LogP contribution is 2.15. The fourth-order valence-electron chi connectivity index (χ4n) is 0.630. The van der Waals surface area contributed by atoms with Gasteiger partial charge in [0.2, 0.25) is 5.78 Å². The summed E-state index contributed by atoms with van der Waals surface area (Å²) in [6.45, 7) is 0.404. The molecule has 0 bridgehead atoms. The Bertz CT molecular complexity index is 255. The van der Waals surface area contributed by atoms with Crippen LogP contribution in [0.15, 0.2) is 0 Å². The van der Waals surface area contributed by atoms with Crippen LogP contribution in [0.1, 0.15) is 19.8 Å². The molecule has 0 N–H and O–H groups in total. The molecule has 6 heteroatoms. The van der Waals surface area contributed by atoms with E-state index in [2.05, 4.69) is 4.74 Å². The van der Waals surface area contributed by atoms with Crippen molar-refractivity contribution in [3.63, 3.8) is 0 Å². The second-order valence-electron chi connectivity index (χ2n) is 2.78. The van der Waals surface area contributed by atoms with Crippen molar-refractivity contribution >= 4 is 17.5 Å². The Balaban J connectivity index is 4.09. The maximum Gasteiger partial charge on any atom is 0.313 e. The molecule has 0 spiro atoms. The van der Waals surface area contributed by atoms with Crippen LogP contribution in [0.25, 0.3) is 0 Å². The highest BCUT2D eigenvalue weighted by atomic mass is 19.3. The Morgan fingerprint density at radius 3 is 2.07 bits per heavy atom. The van der Waals surface area contributed by atoms with Crippen LogP contribution < -0.4 is 0 Å². The number of ketones is 2. The Hall–Kier alpha value is -1.33. The van der Waals surface area contributed by atoms with Crippen molar-refractivity contribution in [3.05, 3.63) is 0 Å². The van der Waals surface area contributed by atoms with Gasteiger partial charge in [-0.25, -0.2) is 0 Å². The Morgan fingerprint density at radius 2 is 1.71 bits per heavy atom. The smallest absolute Gasteiger partial charge is 0.313 e. The minimum atomic E-state index is -3.54.